The summed E-state index contributed by atoms with van der Waals surface area (Å²) in [7, 11) is 0. The maximum Gasteiger partial charge on any atom is 0.261 e. The predicted octanol–water partition coefficient (Wildman–Crippen LogP) is 5.85. The van der Waals surface area contributed by atoms with Crippen LogP contribution in [0.2, 0.25) is 0 Å². The number of benzene rings is 4. The zero-order valence-corrected chi connectivity index (χ0v) is 20.1. The van der Waals surface area contributed by atoms with Crippen molar-refractivity contribution in [2.45, 2.75) is 6.92 Å². The molecule has 0 spiro atoms. The molecule has 0 radical (unpaired) electrons. The third-order valence-electron chi connectivity index (χ3n) is 6.10. The summed E-state index contributed by atoms with van der Waals surface area (Å²) >= 11 is 3.46. The SMILES string of the molecule is Cc1ccc(N(CCN2C(=O)c3cccc4cccc(c34)C2=O)C(=O)c2ccccc2Br)cc1. The van der Waals surface area contributed by atoms with E-state index in [1.54, 1.807) is 29.2 Å². The van der Waals surface area contributed by atoms with Crippen LogP contribution in [0.25, 0.3) is 10.8 Å². The number of halogens is 1. The number of carbonyl (C=O) groups excluding carboxylic acids is 3. The van der Waals surface area contributed by atoms with Crippen LogP contribution in [0.15, 0.2) is 89.4 Å². The van der Waals surface area contributed by atoms with Crippen molar-refractivity contribution in [2.75, 3.05) is 18.0 Å². The molecule has 0 N–H and O–H groups in total. The molecular weight excluding hydrogens is 492 g/mol. The van der Waals surface area contributed by atoms with Gasteiger partial charge in [0.2, 0.25) is 0 Å². The molecule has 0 saturated carbocycles. The third kappa shape index (κ3) is 3.80. The molecule has 5 nitrogen and oxygen atoms in total. The van der Waals surface area contributed by atoms with Crippen LogP contribution in [0.1, 0.15) is 36.6 Å². The van der Waals surface area contributed by atoms with E-state index in [1.165, 1.54) is 4.90 Å². The van der Waals surface area contributed by atoms with Crippen molar-refractivity contribution in [2.24, 2.45) is 0 Å². The number of rotatable bonds is 5. The van der Waals surface area contributed by atoms with E-state index in [4.69, 9.17) is 0 Å². The summed E-state index contributed by atoms with van der Waals surface area (Å²) in [5, 5.41) is 1.55. The van der Waals surface area contributed by atoms with Crippen molar-refractivity contribution >= 4 is 50.1 Å². The fraction of sp³-hybridized carbons (Fsp3) is 0.107. The highest BCUT2D eigenvalue weighted by molar-refractivity contribution is 9.10. The van der Waals surface area contributed by atoms with Crippen LogP contribution in [-0.4, -0.2) is 35.7 Å². The first kappa shape index (κ1) is 22.0. The minimum absolute atomic E-state index is 0.0759. The van der Waals surface area contributed by atoms with Gasteiger partial charge < -0.3 is 4.90 Å². The van der Waals surface area contributed by atoms with E-state index in [1.807, 2.05) is 67.6 Å². The summed E-state index contributed by atoms with van der Waals surface area (Å²) in [5.41, 5.74) is 3.29. The largest absolute Gasteiger partial charge is 0.307 e. The summed E-state index contributed by atoms with van der Waals surface area (Å²) in [4.78, 5) is 43.0. The van der Waals surface area contributed by atoms with E-state index in [2.05, 4.69) is 15.9 Å². The minimum atomic E-state index is -0.341. The van der Waals surface area contributed by atoms with Gasteiger partial charge in [0.05, 0.1) is 5.56 Å². The normalized spacial score (nSPS) is 12.8. The lowest BCUT2D eigenvalue weighted by molar-refractivity contribution is 0.0611. The van der Waals surface area contributed by atoms with Gasteiger partial charge in [-0.2, -0.15) is 0 Å². The molecule has 4 aromatic carbocycles. The van der Waals surface area contributed by atoms with Gasteiger partial charge in [-0.3, -0.25) is 19.3 Å². The number of anilines is 1. The van der Waals surface area contributed by atoms with Crippen LogP contribution >= 0.6 is 15.9 Å². The van der Waals surface area contributed by atoms with Gasteiger partial charge in [-0.15, -0.1) is 0 Å². The van der Waals surface area contributed by atoms with Crippen LogP contribution in [0, 0.1) is 6.92 Å². The summed E-state index contributed by atoms with van der Waals surface area (Å²) < 4.78 is 0.683. The summed E-state index contributed by atoms with van der Waals surface area (Å²) in [6.07, 6.45) is 0. The van der Waals surface area contributed by atoms with Gasteiger partial charge in [0, 0.05) is 39.8 Å². The van der Waals surface area contributed by atoms with Gasteiger partial charge in [0.1, 0.15) is 0 Å². The first-order valence-electron chi connectivity index (χ1n) is 11.0. The first-order valence-corrected chi connectivity index (χ1v) is 11.8. The van der Waals surface area contributed by atoms with Crippen LogP contribution in [0.5, 0.6) is 0 Å². The highest BCUT2D eigenvalue weighted by Crippen LogP contribution is 2.30. The van der Waals surface area contributed by atoms with E-state index in [0.717, 1.165) is 10.9 Å². The highest BCUT2D eigenvalue weighted by Gasteiger charge is 2.33. The van der Waals surface area contributed by atoms with Gasteiger partial charge in [-0.25, -0.2) is 0 Å². The molecule has 0 saturated heterocycles. The highest BCUT2D eigenvalue weighted by atomic mass is 79.9. The van der Waals surface area contributed by atoms with Crippen LogP contribution in [0.4, 0.5) is 5.69 Å². The monoisotopic (exact) mass is 512 g/mol. The smallest absolute Gasteiger partial charge is 0.261 e. The molecule has 1 heterocycles. The molecule has 1 aliphatic rings. The maximum atomic E-state index is 13.5. The molecule has 0 aromatic heterocycles. The van der Waals surface area contributed by atoms with Crippen molar-refractivity contribution in [1.29, 1.82) is 0 Å². The van der Waals surface area contributed by atoms with Crippen molar-refractivity contribution in [3.63, 3.8) is 0 Å². The maximum absolute atomic E-state index is 13.5. The van der Waals surface area contributed by atoms with E-state index in [-0.39, 0.29) is 30.8 Å². The quantitative estimate of drug-likeness (QED) is 0.315. The van der Waals surface area contributed by atoms with Gasteiger partial charge in [-0.1, -0.05) is 54.1 Å². The lowest BCUT2D eigenvalue weighted by Gasteiger charge is -2.30. The molecular formula is C28H21BrN2O3. The van der Waals surface area contributed by atoms with Crippen molar-refractivity contribution in [3.05, 3.63) is 112 Å². The van der Waals surface area contributed by atoms with E-state index >= 15 is 0 Å². The molecule has 0 bridgehead atoms. The Hall–Kier alpha value is -3.77. The Labute approximate surface area is 205 Å². The van der Waals surface area contributed by atoms with Crippen LogP contribution < -0.4 is 4.90 Å². The molecule has 34 heavy (non-hydrogen) atoms. The lowest BCUT2D eigenvalue weighted by atomic mass is 9.94. The average molecular weight is 513 g/mol. The second kappa shape index (κ2) is 8.88. The second-order valence-electron chi connectivity index (χ2n) is 8.24. The van der Waals surface area contributed by atoms with E-state index < -0.39 is 0 Å². The fourth-order valence-corrected chi connectivity index (χ4v) is 4.79. The molecule has 168 valence electrons. The Morgan fingerprint density at radius 2 is 1.44 bits per heavy atom. The van der Waals surface area contributed by atoms with Crippen molar-refractivity contribution in [3.8, 4) is 0 Å². The number of nitrogens with zero attached hydrogens (tertiary/aromatic N) is 2. The number of hydrogen-bond acceptors (Lipinski definition) is 3. The van der Waals surface area contributed by atoms with Gasteiger partial charge in [0.15, 0.2) is 0 Å². The Balaban J connectivity index is 1.48. The zero-order chi connectivity index (χ0) is 23.8. The molecule has 6 heteroatoms. The van der Waals surface area contributed by atoms with Gasteiger partial charge in [-0.05, 0) is 64.6 Å². The fourth-order valence-electron chi connectivity index (χ4n) is 4.34. The zero-order valence-electron chi connectivity index (χ0n) is 18.5. The number of hydrogen-bond donors (Lipinski definition) is 0. The number of aryl methyl sites for hydroxylation is 1. The number of imide groups is 1. The summed E-state index contributed by atoms with van der Waals surface area (Å²) in [5.74, 6) is -0.895. The molecule has 1 aliphatic heterocycles. The Morgan fingerprint density at radius 3 is 2.06 bits per heavy atom. The standard InChI is InChI=1S/C28H21BrN2O3/c1-18-12-14-20(15-13-18)30(26(32)21-8-2-3-11-24(21)29)16-17-31-27(33)22-9-4-6-19-7-5-10-23(25(19)22)28(31)34/h2-15H,16-17H2,1H3. The lowest BCUT2D eigenvalue weighted by Crippen LogP contribution is -2.46. The number of carbonyl (C=O) groups is 3. The number of amides is 3. The minimum Gasteiger partial charge on any atom is -0.307 e. The molecule has 0 atom stereocenters. The van der Waals surface area contributed by atoms with E-state index in [0.29, 0.717) is 32.2 Å². The molecule has 5 rings (SSSR count). The molecule has 3 amide bonds. The predicted molar refractivity (Wildman–Crippen MR) is 136 cm³/mol. The average Bonchev–Trinajstić information content (AvgIpc) is 2.85. The Kier molecular flexibility index (Phi) is 5.75. The summed E-state index contributed by atoms with van der Waals surface area (Å²) in [6.45, 7) is 2.22. The molecule has 0 aliphatic carbocycles. The Morgan fingerprint density at radius 1 is 0.824 bits per heavy atom. The molecule has 0 unspecified atom stereocenters. The third-order valence-corrected chi connectivity index (χ3v) is 6.79. The van der Waals surface area contributed by atoms with E-state index in [9.17, 15) is 14.4 Å². The van der Waals surface area contributed by atoms with Crippen molar-refractivity contribution < 1.29 is 14.4 Å². The van der Waals surface area contributed by atoms with Crippen LogP contribution in [-0.2, 0) is 0 Å². The first-order chi connectivity index (χ1) is 16.5. The topological polar surface area (TPSA) is 57.7 Å². The van der Waals surface area contributed by atoms with Gasteiger partial charge in [0.25, 0.3) is 17.7 Å². The van der Waals surface area contributed by atoms with Crippen molar-refractivity contribution in [1.82, 2.24) is 4.90 Å². The summed E-state index contributed by atoms with van der Waals surface area (Å²) in [6, 6.07) is 25.8. The van der Waals surface area contributed by atoms with Crippen LogP contribution in [0.3, 0.4) is 0 Å². The Bertz CT molecular complexity index is 1400. The molecule has 4 aromatic rings. The second-order valence-corrected chi connectivity index (χ2v) is 9.10. The molecule has 0 fully saturated rings. The van der Waals surface area contributed by atoms with Gasteiger partial charge >= 0.3 is 0 Å².